The van der Waals surface area contributed by atoms with E-state index in [1.54, 1.807) is 0 Å². The Kier molecular flexibility index (Phi) is 5.29. The van der Waals surface area contributed by atoms with Crippen LogP contribution in [-0.4, -0.2) is 6.04 Å². The van der Waals surface area contributed by atoms with Crippen molar-refractivity contribution in [3.63, 3.8) is 0 Å². The Morgan fingerprint density at radius 3 is 2.71 bits per heavy atom. The molecule has 0 spiro atoms. The van der Waals surface area contributed by atoms with Crippen molar-refractivity contribution in [2.45, 2.75) is 38.8 Å². The first-order valence-electron chi connectivity index (χ1n) is 5.86. The molecule has 0 bridgehead atoms. The van der Waals surface area contributed by atoms with Crippen LogP contribution < -0.4 is 5.32 Å². The van der Waals surface area contributed by atoms with Crippen LogP contribution in [-0.2, 0) is 0 Å². The van der Waals surface area contributed by atoms with Crippen LogP contribution >= 0.6 is 0 Å². The highest BCUT2D eigenvalue weighted by Gasteiger charge is 2.13. The number of halogens is 2. The van der Waals surface area contributed by atoms with Gasteiger partial charge in [-0.2, -0.15) is 0 Å². The average Bonchev–Trinajstić information content (AvgIpc) is 2.29. The summed E-state index contributed by atoms with van der Waals surface area (Å²) in [5.74, 6) is -0.781. The van der Waals surface area contributed by atoms with Gasteiger partial charge in [-0.05, 0) is 44.9 Å². The first-order chi connectivity index (χ1) is 8.04. The molecule has 2 atom stereocenters. The Morgan fingerprint density at radius 1 is 1.35 bits per heavy atom. The summed E-state index contributed by atoms with van der Waals surface area (Å²) in [5.41, 5.74) is 0.371. The highest BCUT2D eigenvalue weighted by atomic mass is 19.1. The minimum Gasteiger partial charge on any atom is -0.308 e. The smallest absolute Gasteiger partial charge is 0.128 e. The van der Waals surface area contributed by atoms with Crippen LogP contribution in [0.25, 0.3) is 0 Å². The lowest BCUT2D eigenvalue weighted by Crippen LogP contribution is -2.29. The molecular weight excluding hydrogens is 220 g/mol. The van der Waals surface area contributed by atoms with E-state index in [4.69, 9.17) is 0 Å². The van der Waals surface area contributed by atoms with E-state index in [1.165, 1.54) is 6.07 Å². The molecule has 1 aromatic rings. The molecule has 0 aromatic heterocycles. The van der Waals surface area contributed by atoms with Crippen molar-refractivity contribution in [1.29, 1.82) is 0 Å². The standard InChI is InChI=1S/C14H19F2N/c1-4-5-6-10(2)17-11(3)13-9-12(15)7-8-14(13)16/h4,7-11,17H,1,5-6H2,2-3H3. The molecule has 0 aliphatic rings. The van der Waals surface area contributed by atoms with Gasteiger partial charge in [0, 0.05) is 17.6 Å². The molecule has 0 fully saturated rings. The van der Waals surface area contributed by atoms with E-state index in [0.717, 1.165) is 25.0 Å². The maximum Gasteiger partial charge on any atom is 0.128 e. The van der Waals surface area contributed by atoms with Crippen LogP contribution in [0.4, 0.5) is 8.78 Å². The summed E-state index contributed by atoms with van der Waals surface area (Å²) >= 11 is 0. The molecule has 1 nitrogen and oxygen atoms in total. The molecule has 1 rings (SSSR count). The molecule has 17 heavy (non-hydrogen) atoms. The summed E-state index contributed by atoms with van der Waals surface area (Å²) < 4.78 is 26.5. The highest BCUT2D eigenvalue weighted by molar-refractivity contribution is 5.21. The van der Waals surface area contributed by atoms with Gasteiger partial charge < -0.3 is 5.32 Å². The Balaban J connectivity index is 2.65. The van der Waals surface area contributed by atoms with Crippen molar-refractivity contribution < 1.29 is 8.78 Å². The number of hydrogen-bond acceptors (Lipinski definition) is 1. The summed E-state index contributed by atoms with van der Waals surface area (Å²) in [7, 11) is 0. The zero-order valence-electron chi connectivity index (χ0n) is 10.3. The van der Waals surface area contributed by atoms with Crippen molar-refractivity contribution >= 4 is 0 Å². The predicted molar refractivity (Wildman–Crippen MR) is 66.8 cm³/mol. The van der Waals surface area contributed by atoms with Gasteiger partial charge in [0.15, 0.2) is 0 Å². The van der Waals surface area contributed by atoms with Crippen LogP contribution in [0.15, 0.2) is 30.9 Å². The highest BCUT2D eigenvalue weighted by Crippen LogP contribution is 2.19. The second-order valence-electron chi connectivity index (χ2n) is 4.32. The van der Waals surface area contributed by atoms with Gasteiger partial charge in [-0.15, -0.1) is 6.58 Å². The number of benzene rings is 1. The van der Waals surface area contributed by atoms with Crippen molar-refractivity contribution in [3.05, 3.63) is 48.1 Å². The molecule has 2 unspecified atom stereocenters. The summed E-state index contributed by atoms with van der Waals surface area (Å²) in [6, 6.07) is 3.58. The molecular formula is C14H19F2N. The fourth-order valence-corrected chi connectivity index (χ4v) is 1.81. The summed E-state index contributed by atoms with van der Waals surface area (Å²) in [5, 5.41) is 3.24. The zero-order valence-corrected chi connectivity index (χ0v) is 10.3. The molecule has 0 saturated heterocycles. The Morgan fingerprint density at radius 2 is 2.06 bits per heavy atom. The predicted octanol–water partition coefficient (Wildman–Crippen LogP) is 3.97. The van der Waals surface area contributed by atoms with Crippen molar-refractivity contribution in [2.75, 3.05) is 0 Å². The Hall–Kier alpha value is -1.22. The third kappa shape index (κ3) is 4.27. The van der Waals surface area contributed by atoms with Crippen LogP contribution in [0.2, 0.25) is 0 Å². The maximum absolute atomic E-state index is 13.5. The van der Waals surface area contributed by atoms with Crippen LogP contribution in [0.3, 0.4) is 0 Å². The quantitative estimate of drug-likeness (QED) is 0.741. The average molecular weight is 239 g/mol. The van der Waals surface area contributed by atoms with Crippen molar-refractivity contribution in [2.24, 2.45) is 0 Å². The molecule has 3 heteroatoms. The number of rotatable bonds is 6. The van der Waals surface area contributed by atoms with Gasteiger partial charge in [-0.3, -0.25) is 0 Å². The first kappa shape index (κ1) is 13.8. The summed E-state index contributed by atoms with van der Waals surface area (Å²) in [6.45, 7) is 7.52. The monoisotopic (exact) mass is 239 g/mol. The number of allylic oxidation sites excluding steroid dienone is 1. The second kappa shape index (κ2) is 6.50. The summed E-state index contributed by atoms with van der Waals surface area (Å²) in [4.78, 5) is 0. The molecule has 0 amide bonds. The van der Waals surface area contributed by atoms with Crippen LogP contribution in [0, 0.1) is 11.6 Å². The lowest BCUT2D eigenvalue weighted by atomic mass is 10.1. The minimum atomic E-state index is -0.409. The molecule has 0 aliphatic heterocycles. The Bertz CT molecular complexity index is 376. The third-order valence-electron chi connectivity index (χ3n) is 2.76. The van der Waals surface area contributed by atoms with Gasteiger partial charge in [0.1, 0.15) is 11.6 Å². The van der Waals surface area contributed by atoms with E-state index < -0.39 is 5.82 Å². The van der Waals surface area contributed by atoms with E-state index >= 15 is 0 Å². The van der Waals surface area contributed by atoms with Gasteiger partial charge >= 0.3 is 0 Å². The Labute approximate surface area is 102 Å². The lowest BCUT2D eigenvalue weighted by molar-refractivity contribution is 0.443. The van der Waals surface area contributed by atoms with E-state index in [0.29, 0.717) is 5.56 Å². The largest absolute Gasteiger partial charge is 0.308 e. The summed E-state index contributed by atoms with van der Waals surface area (Å²) in [6.07, 6.45) is 3.70. The molecule has 94 valence electrons. The molecule has 0 radical (unpaired) electrons. The first-order valence-corrected chi connectivity index (χ1v) is 5.86. The van der Waals surface area contributed by atoms with Crippen LogP contribution in [0.5, 0.6) is 0 Å². The number of nitrogens with one attached hydrogen (secondary N) is 1. The number of hydrogen-bond donors (Lipinski definition) is 1. The van der Waals surface area contributed by atoms with Gasteiger partial charge in [0.25, 0.3) is 0 Å². The topological polar surface area (TPSA) is 12.0 Å². The fraction of sp³-hybridized carbons (Fsp3) is 0.429. The van der Waals surface area contributed by atoms with Crippen LogP contribution in [0.1, 0.15) is 38.3 Å². The maximum atomic E-state index is 13.5. The van der Waals surface area contributed by atoms with Gasteiger partial charge in [-0.25, -0.2) is 8.78 Å². The van der Waals surface area contributed by atoms with E-state index in [-0.39, 0.29) is 17.9 Å². The van der Waals surface area contributed by atoms with Gasteiger partial charge in [0.2, 0.25) is 0 Å². The molecule has 0 saturated carbocycles. The molecule has 0 aliphatic carbocycles. The zero-order chi connectivity index (χ0) is 12.8. The van der Waals surface area contributed by atoms with Gasteiger partial charge in [0.05, 0.1) is 0 Å². The molecule has 0 heterocycles. The van der Waals surface area contributed by atoms with Crippen molar-refractivity contribution in [1.82, 2.24) is 5.32 Å². The molecule has 1 aromatic carbocycles. The minimum absolute atomic E-state index is 0.203. The van der Waals surface area contributed by atoms with E-state index in [2.05, 4.69) is 11.9 Å². The van der Waals surface area contributed by atoms with E-state index in [1.807, 2.05) is 19.9 Å². The second-order valence-corrected chi connectivity index (χ2v) is 4.32. The van der Waals surface area contributed by atoms with E-state index in [9.17, 15) is 8.78 Å². The third-order valence-corrected chi connectivity index (χ3v) is 2.76. The van der Waals surface area contributed by atoms with Gasteiger partial charge in [-0.1, -0.05) is 6.08 Å². The SMILES string of the molecule is C=CCCC(C)NC(C)c1cc(F)ccc1F. The van der Waals surface area contributed by atoms with Crippen molar-refractivity contribution in [3.8, 4) is 0 Å². The normalized spacial score (nSPS) is 14.4. The lowest BCUT2D eigenvalue weighted by Gasteiger charge is -2.20. The molecule has 1 N–H and O–H groups in total. The fourth-order valence-electron chi connectivity index (χ4n) is 1.81.